The normalized spacial score (nSPS) is 11.6. The number of hydrogen-bond donors (Lipinski definition) is 1. The van der Waals surface area contributed by atoms with Crippen LogP contribution in [0.4, 0.5) is 5.13 Å². The van der Waals surface area contributed by atoms with Gasteiger partial charge in [0.2, 0.25) is 0 Å². The first-order valence-electron chi connectivity index (χ1n) is 7.39. The Labute approximate surface area is 158 Å². The molecule has 3 rings (SSSR count). The molecule has 2 heterocycles. The van der Waals surface area contributed by atoms with Gasteiger partial charge in [0.05, 0.1) is 21.3 Å². The Morgan fingerprint density at radius 1 is 1.24 bits per heavy atom. The highest BCUT2D eigenvalue weighted by atomic mass is 35.5. The summed E-state index contributed by atoms with van der Waals surface area (Å²) in [6.45, 7) is 6.12. The summed E-state index contributed by atoms with van der Waals surface area (Å²) in [6.07, 6.45) is 3.05. The van der Waals surface area contributed by atoms with Gasteiger partial charge < -0.3 is 0 Å². The average Bonchev–Trinajstić information content (AvgIpc) is 3.14. The highest BCUT2D eigenvalue weighted by Crippen LogP contribution is 2.35. The maximum atomic E-state index is 12.6. The van der Waals surface area contributed by atoms with Gasteiger partial charge >= 0.3 is 0 Å². The van der Waals surface area contributed by atoms with Gasteiger partial charge in [-0.25, -0.2) is 14.6 Å². The van der Waals surface area contributed by atoms with Gasteiger partial charge in [-0.1, -0.05) is 61.4 Å². The van der Waals surface area contributed by atoms with Gasteiger partial charge in [0, 0.05) is 5.41 Å². The Hall–Kier alpha value is -1.96. The molecule has 0 saturated carbocycles. The Kier molecular flexibility index (Phi) is 4.81. The predicted molar refractivity (Wildman–Crippen MR) is 100 cm³/mol. The average molecular weight is 396 g/mol. The molecular weight excluding hydrogens is 381 g/mol. The third kappa shape index (κ3) is 3.68. The Bertz CT molecular complexity index is 895. The van der Waals surface area contributed by atoms with Crippen LogP contribution in [0.3, 0.4) is 0 Å². The molecule has 1 aromatic carbocycles. The van der Waals surface area contributed by atoms with Crippen molar-refractivity contribution >= 4 is 45.6 Å². The van der Waals surface area contributed by atoms with Crippen LogP contribution in [0.25, 0.3) is 5.00 Å². The van der Waals surface area contributed by atoms with Crippen molar-refractivity contribution in [3.63, 3.8) is 0 Å². The van der Waals surface area contributed by atoms with Crippen molar-refractivity contribution < 1.29 is 4.79 Å². The quantitative estimate of drug-likeness (QED) is 0.703. The van der Waals surface area contributed by atoms with Crippen LogP contribution in [0.2, 0.25) is 10.0 Å². The largest absolute Gasteiger partial charge is 0.298 e. The zero-order valence-corrected chi connectivity index (χ0v) is 16.1. The van der Waals surface area contributed by atoms with E-state index in [-0.39, 0.29) is 21.0 Å². The summed E-state index contributed by atoms with van der Waals surface area (Å²) in [7, 11) is 0. The van der Waals surface area contributed by atoms with Gasteiger partial charge in [0.15, 0.2) is 5.13 Å². The van der Waals surface area contributed by atoms with E-state index in [4.69, 9.17) is 23.2 Å². The maximum absolute atomic E-state index is 12.6. The van der Waals surface area contributed by atoms with E-state index in [9.17, 15) is 4.79 Å². The monoisotopic (exact) mass is 395 g/mol. The van der Waals surface area contributed by atoms with Crippen LogP contribution in [0.15, 0.2) is 30.9 Å². The fourth-order valence-electron chi connectivity index (χ4n) is 2.20. The highest BCUT2D eigenvalue weighted by molar-refractivity contribution is 7.18. The van der Waals surface area contributed by atoms with Crippen molar-refractivity contribution in [1.29, 1.82) is 0 Å². The first kappa shape index (κ1) is 17.8. The molecule has 3 aromatic rings. The molecule has 0 bridgehead atoms. The molecule has 0 spiro atoms. The molecule has 1 amide bonds. The summed E-state index contributed by atoms with van der Waals surface area (Å²) in [5.74, 6) is -0.407. The lowest BCUT2D eigenvalue weighted by Gasteiger charge is -2.16. The van der Waals surface area contributed by atoms with Crippen molar-refractivity contribution in [1.82, 2.24) is 19.7 Å². The lowest BCUT2D eigenvalue weighted by molar-refractivity contribution is 0.102. The lowest BCUT2D eigenvalue weighted by Crippen LogP contribution is -2.16. The molecular formula is C16H15Cl2N5OS. The smallest absolute Gasteiger partial charge is 0.260 e. The molecule has 6 nitrogen and oxygen atoms in total. The molecule has 2 aromatic heterocycles. The summed E-state index contributed by atoms with van der Waals surface area (Å²) in [5, 5.41) is 8.74. The van der Waals surface area contributed by atoms with Crippen LogP contribution < -0.4 is 5.32 Å². The molecule has 0 aliphatic carbocycles. The second kappa shape index (κ2) is 6.74. The number of carbonyl (C=O) groups excluding carboxylic acids is 1. The minimum Gasteiger partial charge on any atom is -0.298 e. The minimum atomic E-state index is -0.407. The van der Waals surface area contributed by atoms with E-state index in [1.165, 1.54) is 17.7 Å². The molecule has 0 unspecified atom stereocenters. The fraction of sp³-hybridized carbons (Fsp3) is 0.250. The summed E-state index contributed by atoms with van der Waals surface area (Å²) in [5.41, 5.74) is 0.798. The van der Waals surface area contributed by atoms with Crippen LogP contribution in [-0.2, 0) is 5.41 Å². The Balaban J connectivity index is 1.98. The van der Waals surface area contributed by atoms with E-state index in [1.807, 2.05) is 20.8 Å². The second-order valence-corrected chi connectivity index (χ2v) is 8.11. The molecule has 0 saturated heterocycles. The Morgan fingerprint density at radius 3 is 2.48 bits per heavy atom. The van der Waals surface area contributed by atoms with Crippen LogP contribution in [0.1, 0.15) is 36.8 Å². The van der Waals surface area contributed by atoms with E-state index >= 15 is 0 Å². The molecule has 25 heavy (non-hydrogen) atoms. The van der Waals surface area contributed by atoms with Crippen molar-refractivity contribution in [2.24, 2.45) is 0 Å². The minimum absolute atomic E-state index is 0.223. The molecule has 130 valence electrons. The lowest BCUT2D eigenvalue weighted by atomic mass is 9.92. The predicted octanol–water partition coefficient (Wildman–Crippen LogP) is 4.58. The van der Waals surface area contributed by atoms with E-state index in [2.05, 4.69) is 20.4 Å². The number of benzene rings is 1. The van der Waals surface area contributed by atoms with E-state index < -0.39 is 5.91 Å². The van der Waals surface area contributed by atoms with E-state index in [0.29, 0.717) is 5.13 Å². The molecule has 0 aliphatic rings. The van der Waals surface area contributed by atoms with Gasteiger partial charge in [-0.15, -0.1) is 0 Å². The second-order valence-electron chi connectivity index (χ2n) is 6.31. The number of rotatable bonds is 3. The SMILES string of the molecule is CC(C)(C)c1nc(NC(=O)c2c(Cl)cccc2Cl)sc1-n1cncn1. The van der Waals surface area contributed by atoms with Crippen LogP contribution in [-0.4, -0.2) is 25.7 Å². The number of halogens is 2. The van der Waals surface area contributed by atoms with Crippen molar-refractivity contribution in [2.75, 3.05) is 5.32 Å². The first-order chi connectivity index (χ1) is 11.8. The highest BCUT2D eigenvalue weighted by Gasteiger charge is 2.26. The zero-order valence-electron chi connectivity index (χ0n) is 13.7. The number of anilines is 1. The summed E-state index contributed by atoms with van der Waals surface area (Å²) in [4.78, 5) is 21.1. The standard InChI is InChI=1S/C16H15Cl2N5OS/c1-16(2,3)12-14(23-8-19-7-20-23)25-15(21-12)22-13(24)11-9(17)5-4-6-10(11)18/h4-8H,1-3H3,(H,21,22,24). The molecule has 0 radical (unpaired) electrons. The summed E-state index contributed by atoms with van der Waals surface area (Å²) < 4.78 is 1.64. The fourth-order valence-corrected chi connectivity index (χ4v) is 3.87. The molecule has 0 aliphatic heterocycles. The number of hydrogen-bond acceptors (Lipinski definition) is 5. The van der Waals surface area contributed by atoms with Gasteiger partial charge in [-0.2, -0.15) is 5.10 Å². The maximum Gasteiger partial charge on any atom is 0.260 e. The summed E-state index contributed by atoms with van der Waals surface area (Å²) in [6, 6.07) is 4.92. The third-order valence-corrected chi connectivity index (χ3v) is 4.95. The molecule has 9 heteroatoms. The Morgan fingerprint density at radius 2 is 1.92 bits per heavy atom. The van der Waals surface area contributed by atoms with E-state index in [1.54, 1.807) is 29.2 Å². The number of nitrogens with zero attached hydrogens (tertiary/aromatic N) is 4. The van der Waals surface area contributed by atoms with Crippen molar-refractivity contribution in [2.45, 2.75) is 26.2 Å². The van der Waals surface area contributed by atoms with Gasteiger partial charge in [-0.05, 0) is 12.1 Å². The molecule has 0 fully saturated rings. The topological polar surface area (TPSA) is 72.7 Å². The van der Waals surface area contributed by atoms with Crippen molar-refractivity contribution in [3.8, 4) is 5.00 Å². The molecule has 1 N–H and O–H groups in total. The third-order valence-electron chi connectivity index (χ3n) is 3.36. The molecule has 0 atom stereocenters. The van der Waals surface area contributed by atoms with Gasteiger partial charge in [0.1, 0.15) is 17.7 Å². The number of amides is 1. The number of nitrogens with one attached hydrogen (secondary N) is 1. The van der Waals surface area contributed by atoms with Crippen LogP contribution in [0.5, 0.6) is 0 Å². The van der Waals surface area contributed by atoms with Crippen LogP contribution in [0, 0.1) is 0 Å². The first-order valence-corrected chi connectivity index (χ1v) is 8.96. The number of thiazole rings is 1. The van der Waals surface area contributed by atoms with Crippen molar-refractivity contribution in [3.05, 3.63) is 52.2 Å². The zero-order chi connectivity index (χ0) is 18.2. The number of carbonyl (C=O) groups is 1. The van der Waals surface area contributed by atoms with E-state index in [0.717, 1.165) is 10.7 Å². The summed E-state index contributed by atoms with van der Waals surface area (Å²) >= 11 is 13.5. The van der Waals surface area contributed by atoms with Crippen LogP contribution >= 0.6 is 34.5 Å². The number of aromatic nitrogens is 4. The van der Waals surface area contributed by atoms with Gasteiger partial charge in [-0.3, -0.25) is 10.1 Å². The van der Waals surface area contributed by atoms with Gasteiger partial charge in [0.25, 0.3) is 5.91 Å².